The van der Waals surface area contributed by atoms with E-state index in [0.29, 0.717) is 0 Å². The average Bonchev–Trinajstić information content (AvgIpc) is 3.03. The quantitative estimate of drug-likeness (QED) is 0.691. The van der Waals surface area contributed by atoms with E-state index in [1.54, 1.807) is 0 Å². The van der Waals surface area contributed by atoms with E-state index < -0.39 is 0 Å². The lowest BCUT2D eigenvalue weighted by atomic mass is 9.87. The maximum Gasteiger partial charge on any atom is 0.0330 e. The molecule has 1 aliphatic carbocycles. The van der Waals surface area contributed by atoms with E-state index in [0.717, 1.165) is 12.6 Å². The molecule has 2 fully saturated rings. The number of nitrogens with two attached hydrogens (primary N) is 1. The Bertz CT molecular complexity index is 181. The largest absolute Gasteiger partial charge is 0.329 e. The van der Waals surface area contributed by atoms with Gasteiger partial charge in [0.2, 0.25) is 0 Å². The molecule has 1 aliphatic heterocycles. The summed E-state index contributed by atoms with van der Waals surface area (Å²) < 4.78 is 0. The summed E-state index contributed by atoms with van der Waals surface area (Å²) in [5.74, 6) is 0. The lowest BCUT2D eigenvalue weighted by molar-refractivity contribution is 0.143. The number of piperidine rings is 1. The Morgan fingerprint density at radius 2 is 2.00 bits per heavy atom. The molecule has 0 unspecified atom stereocenters. The SMILES string of the molecule is CCN1CCC(CN)(NC2CC2)CC1. The summed E-state index contributed by atoms with van der Waals surface area (Å²) in [6.45, 7) is 6.66. The van der Waals surface area contributed by atoms with Crippen LogP contribution in [0.2, 0.25) is 0 Å². The predicted molar refractivity (Wildman–Crippen MR) is 59.3 cm³/mol. The van der Waals surface area contributed by atoms with Crippen LogP contribution in [0.5, 0.6) is 0 Å². The number of nitrogens with zero attached hydrogens (tertiary/aromatic N) is 1. The third kappa shape index (κ3) is 2.27. The molecule has 0 bridgehead atoms. The van der Waals surface area contributed by atoms with Gasteiger partial charge in [-0.1, -0.05) is 6.92 Å². The van der Waals surface area contributed by atoms with Crippen LogP contribution in [-0.4, -0.2) is 42.7 Å². The third-order valence-electron chi connectivity index (χ3n) is 3.74. The third-order valence-corrected chi connectivity index (χ3v) is 3.74. The molecule has 82 valence electrons. The molecule has 0 atom stereocenters. The van der Waals surface area contributed by atoms with Crippen LogP contribution < -0.4 is 11.1 Å². The van der Waals surface area contributed by atoms with Gasteiger partial charge in [0.05, 0.1) is 0 Å². The van der Waals surface area contributed by atoms with E-state index in [1.807, 2.05) is 0 Å². The molecule has 0 aromatic rings. The maximum atomic E-state index is 5.92. The minimum absolute atomic E-state index is 0.271. The molecular weight excluding hydrogens is 174 g/mol. The zero-order valence-corrected chi connectivity index (χ0v) is 9.26. The van der Waals surface area contributed by atoms with Crippen molar-refractivity contribution in [2.24, 2.45) is 5.73 Å². The van der Waals surface area contributed by atoms with Gasteiger partial charge in [0.1, 0.15) is 0 Å². The van der Waals surface area contributed by atoms with Crippen molar-refractivity contribution in [3.8, 4) is 0 Å². The Kier molecular flexibility index (Phi) is 3.10. The Labute approximate surface area is 87.0 Å². The Balaban J connectivity index is 1.86. The zero-order valence-electron chi connectivity index (χ0n) is 9.26. The molecule has 1 saturated heterocycles. The van der Waals surface area contributed by atoms with Crippen molar-refractivity contribution in [2.75, 3.05) is 26.2 Å². The molecule has 0 aromatic carbocycles. The standard InChI is InChI=1S/C11H23N3/c1-2-14-7-5-11(9-12,6-8-14)13-10-3-4-10/h10,13H,2-9,12H2,1H3. The molecule has 0 aromatic heterocycles. The number of hydrogen-bond acceptors (Lipinski definition) is 3. The van der Waals surface area contributed by atoms with Crippen LogP contribution >= 0.6 is 0 Å². The molecule has 1 heterocycles. The van der Waals surface area contributed by atoms with Crippen LogP contribution in [-0.2, 0) is 0 Å². The van der Waals surface area contributed by atoms with Crippen molar-refractivity contribution in [3.63, 3.8) is 0 Å². The Hall–Kier alpha value is -0.120. The highest BCUT2D eigenvalue weighted by Gasteiger charge is 2.37. The van der Waals surface area contributed by atoms with Crippen LogP contribution in [0.25, 0.3) is 0 Å². The van der Waals surface area contributed by atoms with E-state index in [1.165, 1.54) is 45.3 Å². The fourth-order valence-electron chi connectivity index (χ4n) is 2.37. The number of rotatable bonds is 4. The van der Waals surface area contributed by atoms with Crippen LogP contribution in [0.15, 0.2) is 0 Å². The first-order valence-corrected chi connectivity index (χ1v) is 5.98. The van der Waals surface area contributed by atoms with Gasteiger partial charge in [0.15, 0.2) is 0 Å². The average molecular weight is 197 g/mol. The van der Waals surface area contributed by atoms with E-state index in [9.17, 15) is 0 Å². The van der Waals surface area contributed by atoms with Gasteiger partial charge in [-0.15, -0.1) is 0 Å². The molecule has 14 heavy (non-hydrogen) atoms. The van der Waals surface area contributed by atoms with Crippen molar-refractivity contribution in [3.05, 3.63) is 0 Å². The molecule has 0 spiro atoms. The molecule has 0 radical (unpaired) electrons. The summed E-state index contributed by atoms with van der Waals surface area (Å²) in [5, 5.41) is 3.75. The van der Waals surface area contributed by atoms with E-state index in [-0.39, 0.29) is 5.54 Å². The number of likely N-dealkylation sites (tertiary alicyclic amines) is 1. The van der Waals surface area contributed by atoms with Gasteiger partial charge >= 0.3 is 0 Å². The van der Waals surface area contributed by atoms with Crippen molar-refractivity contribution in [2.45, 2.75) is 44.2 Å². The zero-order chi connectivity index (χ0) is 10.0. The van der Waals surface area contributed by atoms with Crippen LogP contribution in [0, 0.1) is 0 Å². The highest BCUT2D eigenvalue weighted by Crippen LogP contribution is 2.28. The highest BCUT2D eigenvalue weighted by molar-refractivity contribution is 4.99. The van der Waals surface area contributed by atoms with E-state index in [4.69, 9.17) is 5.73 Å². The number of hydrogen-bond donors (Lipinski definition) is 2. The second kappa shape index (κ2) is 4.17. The second-order valence-electron chi connectivity index (χ2n) is 4.84. The summed E-state index contributed by atoms with van der Waals surface area (Å²) >= 11 is 0. The normalized spacial score (nSPS) is 27.9. The number of nitrogens with one attached hydrogen (secondary N) is 1. The topological polar surface area (TPSA) is 41.3 Å². The van der Waals surface area contributed by atoms with Gasteiger partial charge in [-0.3, -0.25) is 0 Å². The molecule has 1 saturated carbocycles. The van der Waals surface area contributed by atoms with Crippen molar-refractivity contribution < 1.29 is 0 Å². The first-order valence-electron chi connectivity index (χ1n) is 5.98. The molecular formula is C11H23N3. The van der Waals surface area contributed by atoms with Crippen LogP contribution in [0.4, 0.5) is 0 Å². The fourth-order valence-corrected chi connectivity index (χ4v) is 2.37. The van der Waals surface area contributed by atoms with Gasteiger partial charge in [-0.25, -0.2) is 0 Å². The molecule has 3 nitrogen and oxygen atoms in total. The summed E-state index contributed by atoms with van der Waals surface area (Å²) in [4.78, 5) is 2.52. The van der Waals surface area contributed by atoms with Gasteiger partial charge in [0.25, 0.3) is 0 Å². The van der Waals surface area contributed by atoms with Crippen molar-refractivity contribution >= 4 is 0 Å². The van der Waals surface area contributed by atoms with E-state index in [2.05, 4.69) is 17.1 Å². The molecule has 3 heteroatoms. The van der Waals surface area contributed by atoms with Crippen LogP contribution in [0.3, 0.4) is 0 Å². The summed E-state index contributed by atoms with van der Waals surface area (Å²) in [7, 11) is 0. The summed E-state index contributed by atoms with van der Waals surface area (Å²) in [6, 6.07) is 0.784. The lowest BCUT2D eigenvalue weighted by Gasteiger charge is -2.41. The minimum Gasteiger partial charge on any atom is -0.329 e. The Morgan fingerprint density at radius 3 is 2.43 bits per heavy atom. The van der Waals surface area contributed by atoms with Crippen molar-refractivity contribution in [1.29, 1.82) is 0 Å². The first kappa shape index (κ1) is 10.4. The maximum absolute atomic E-state index is 5.92. The van der Waals surface area contributed by atoms with E-state index >= 15 is 0 Å². The first-order chi connectivity index (χ1) is 6.78. The lowest BCUT2D eigenvalue weighted by Crippen LogP contribution is -2.58. The van der Waals surface area contributed by atoms with Crippen molar-refractivity contribution in [1.82, 2.24) is 10.2 Å². The smallest absolute Gasteiger partial charge is 0.0330 e. The molecule has 0 amide bonds. The second-order valence-corrected chi connectivity index (χ2v) is 4.84. The predicted octanol–water partition coefficient (Wildman–Crippen LogP) is 0.552. The molecule has 3 N–H and O–H groups in total. The monoisotopic (exact) mass is 197 g/mol. The minimum atomic E-state index is 0.271. The van der Waals surface area contributed by atoms with Crippen LogP contribution in [0.1, 0.15) is 32.6 Å². The molecule has 2 aliphatic rings. The van der Waals surface area contributed by atoms with Gasteiger partial charge in [-0.2, -0.15) is 0 Å². The highest BCUT2D eigenvalue weighted by atomic mass is 15.2. The summed E-state index contributed by atoms with van der Waals surface area (Å²) in [6.07, 6.45) is 5.18. The summed E-state index contributed by atoms with van der Waals surface area (Å²) in [5.41, 5.74) is 6.19. The van der Waals surface area contributed by atoms with Gasteiger partial charge in [-0.05, 0) is 45.3 Å². The van der Waals surface area contributed by atoms with Gasteiger partial charge < -0.3 is 16.0 Å². The Morgan fingerprint density at radius 1 is 1.36 bits per heavy atom. The fraction of sp³-hybridized carbons (Fsp3) is 1.00. The van der Waals surface area contributed by atoms with Gasteiger partial charge in [0, 0.05) is 18.1 Å². The molecule has 2 rings (SSSR count).